The highest BCUT2D eigenvalue weighted by atomic mass is 32.1. The number of likely N-dealkylation sites (tertiary alicyclic amines) is 1. The third-order valence-electron chi connectivity index (χ3n) is 4.25. The lowest BCUT2D eigenvalue weighted by atomic mass is 9.97. The molecule has 2 aromatic rings. The van der Waals surface area contributed by atoms with Gasteiger partial charge in [0.15, 0.2) is 0 Å². The van der Waals surface area contributed by atoms with Crippen LogP contribution in [0.2, 0.25) is 0 Å². The molecule has 6 heteroatoms. The second kappa shape index (κ2) is 7.49. The third kappa shape index (κ3) is 3.76. The zero-order valence-electron chi connectivity index (χ0n) is 13.6. The Labute approximate surface area is 145 Å². The summed E-state index contributed by atoms with van der Waals surface area (Å²) in [5, 5.41) is 7.66. The highest BCUT2D eigenvalue weighted by Gasteiger charge is 2.27. The van der Waals surface area contributed by atoms with E-state index in [2.05, 4.69) is 16.7 Å². The van der Waals surface area contributed by atoms with Gasteiger partial charge in [0.05, 0.1) is 5.92 Å². The van der Waals surface area contributed by atoms with Crippen molar-refractivity contribution in [2.45, 2.75) is 12.8 Å². The summed E-state index contributed by atoms with van der Waals surface area (Å²) < 4.78 is 0. The van der Waals surface area contributed by atoms with Crippen LogP contribution in [-0.2, 0) is 4.79 Å². The third-order valence-corrected chi connectivity index (χ3v) is 5.16. The van der Waals surface area contributed by atoms with Gasteiger partial charge in [-0.05, 0) is 42.0 Å². The van der Waals surface area contributed by atoms with Gasteiger partial charge in [-0.1, -0.05) is 18.2 Å². The van der Waals surface area contributed by atoms with Gasteiger partial charge < -0.3 is 15.5 Å². The fourth-order valence-corrected chi connectivity index (χ4v) is 3.70. The predicted molar refractivity (Wildman–Crippen MR) is 97.1 cm³/mol. The summed E-state index contributed by atoms with van der Waals surface area (Å²) in [5.41, 5.74) is 1.86. The largest absolute Gasteiger partial charge is 0.359 e. The van der Waals surface area contributed by atoms with Gasteiger partial charge in [-0.2, -0.15) is 0 Å². The van der Waals surface area contributed by atoms with Gasteiger partial charge in [0.1, 0.15) is 0 Å². The summed E-state index contributed by atoms with van der Waals surface area (Å²) in [6.45, 7) is 1.15. The van der Waals surface area contributed by atoms with Crippen molar-refractivity contribution in [1.29, 1.82) is 0 Å². The molecule has 0 bridgehead atoms. The van der Waals surface area contributed by atoms with Crippen molar-refractivity contribution in [3.63, 3.8) is 0 Å². The SMILES string of the molecule is CNC(=O)[C@H]1CCCN(C(=O)Nc2cccc(-c3cccs3)c2)C1. The Morgan fingerprint density at radius 2 is 2.12 bits per heavy atom. The Balaban J connectivity index is 1.66. The fourth-order valence-electron chi connectivity index (χ4n) is 2.98. The number of piperidine rings is 1. The Bertz CT molecular complexity index is 715. The van der Waals surface area contributed by atoms with Crippen molar-refractivity contribution in [3.05, 3.63) is 41.8 Å². The number of thiophene rings is 1. The second-order valence-electron chi connectivity index (χ2n) is 5.89. The van der Waals surface area contributed by atoms with Crippen molar-refractivity contribution in [1.82, 2.24) is 10.2 Å². The molecule has 3 rings (SSSR count). The molecule has 0 aliphatic carbocycles. The van der Waals surface area contributed by atoms with E-state index in [0.717, 1.165) is 24.1 Å². The van der Waals surface area contributed by atoms with E-state index in [-0.39, 0.29) is 17.9 Å². The number of rotatable bonds is 3. The normalized spacial score (nSPS) is 17.4. The molecule has 24 heavy (non-hydrogen) atoms. The standard InChI is InChI=1S/C18H21N3O2S/c1-19-17(22)14-6-3-9-21(12-14)18(23)20-15-7-2-5-13(11-15)16-8-4-10-24-16/h2,4-5,7-8,10-11,14H,3,6,9,12H2,1H3,(H,19,22)(H,20,23)/t14-/m0/s1. The highest BCUT2D eigenvalue weighted by molar-refractivity contribution is 7.13. The monoisotopic (exact) mass is 343 g/mol. The van der Waals surface area contributed by atoms with Gasteiger partial charge in [-0.3, -0.25) is 4.79 Å². The summed E-state index contributed by atoms with van der Waals surface area (Å²) in [5.74, 6) is -0.112. The number of hydrogen-bond donors (Lipinski definition) is 2. The maximum Gasteiger partial charge on any atom is 0.321 e. The maximum absolute atomic E-state index is 12.5. The molecule has 1 saturated heterocycles. The van der Waals surface area contributed by atoms with Crippen LogP contribution in [0.15, 0.2) is 41.8 Å². The number of carbonyl (C=O) groups is 2. The number of hydrogen-bond acceptors (Lipinski definition) is 3. The number of nitrogens with one attached hydrogen (secondary N) is 2. The molecule has 1 aliphatic rings. The van der Waals surface area contributed by atoms with E-state index in [1.54, 1.807) is 23.3 Å². The van der Waals surface area contributed by atoms with Gasteiger partial charge in [0, 0.05) is 30.7 Å². The topological polar surface area (TPSA) is 61.4 Å². The Kier molecular flexibility index (Phi) is 5.15. The molecule has 2 N–H and O–H groups in total. The number of anilines is 1. The molecule has 1 atom stereocenters. The van der Waals surface area contributed by atoms with Crippen molar-refractivity contribution in [2.24, 2.45) is 5.92 Å². The summed E-state index contributed by atoms with van der Waals surface area (Å²) >= 11 is 1.67. The van der Waals surface area contributed by atoms with Crippen LogP contribution in [-0.4, -0.2) is 37.0 Å². The predicted octanol–water partition coefficient (Wildman–Crippen LogP) is 3.41. The second-order valence-corrected chi connectivity index (χ2v) is 6.84. The smallest absolute Gasteiger partial charge is 0.321 e. The molecule has 1 aromatic heterocycles. The van der Waals surface area contributed by atoms with E-state index in [9.17, 15) is 9.59 Å². The zero-order chi connectivity index (χ0) is 16.9. The van der Waals surface area contributed by atoms with Gasteiger partial charge in [0.2, 0.25) is 5.91 Å². The van der Waals surface area contributed by atoms with Crippen LogP contribution in [0.1, 0.15) is 12.8 Å². The quantitative estimate of drug-likeness (QED) is 0.897. The number of benzene rings is 1. The minimum absolute atomic E-state index is 0.00666. The molecule has 0 unspecified atom stereocenters. The lowest BCUT2D eigenvalue weighted by Crippen LogP contribution is -2.46. The lowest BCUT2D eigenvalue weighted by Gasteiger charge is -2.31. The minimum atomic E-state index is -0.146. The van der Waals surface area contributed by atoms with Crippen LogP contribution in [0.4, 0.5) is 10.5 Å². The van der Waals surface area contributed by atoms with Crippen LogP contribution in [0, 0.1) is 5.92 Å². The van der Waals surface area contributed by atoms with E-state index >= 15 is 0 Å². The Morgan fingerprint density at radius 3 is 2.88 bits per heavy atom. The van der Waals surface area contributed by atoms with E-state index in [1.807, 2.05) is 35.7 Å². The fraction of sp³-hybridized carbons (Fsp3) is 0.333. The first kappa shape index (κ1) is 16.5. The number of nitrogens with zero attached hydrogens (tertiary/aromatic N) is 1. The maximum atomic E-state index is 12.5. The van der Waals surface area contributed by atoms with Gasteiger partial charge in [-0.15, -0.1) is 11.3 Å². The minimum Gasteiger partial charge on any atom is -0.359 e. The molecular weight excluding hydrogens is 322 g/mol. The molecule has 0 spiro atoms. The number of carbonyl (C=O) groups excluding carboxylic acids is 2. The van der Waals surface area contributed by atoms with Gasteiger partial charge in [0.25, 0.3) is 0 Å². The molecule has 0 saturated carbocycles. The summed E-state index contributed by atoms with van der Waals surface area (Å²) in [7, 11) is 1.64. The van der Waals surface area contributed by atoms with Crippen molar-refractivity contribution in [2.75, 3.05) is 25.5 Å². The molecule has 1 aromatic carbocycles. The van der Waals surface area contributed by atoms with Crippen molar-refractivity contribution >= 4 is 29.0 Å². The van der Waals surface area contributed by atoms with Crippen LogP contribution in [0.3, 0.4) is 0 Å². The molecule has 1 fully saturated rings. The van der Waals surface area contributed by atoms with E-state index in [4.69, 9.17) is 0 Å². The number of urea groups is 1. The van der Waals surface area contributed by atoms with E-state index in [0.29, 0.717) is 13.1 Å². The van der Waals surface area contributed by atoms with Gasteiger partial charge in [-0.25, -0.2) is 4.79 Å². The van der Waals surface area contributed by atoms with Gasteiger partial charge >= 0.3 is 6.03 Å². The molecule has 2 heterocycles. The molecular formula is C18H21N3O2S. The first-order valence-corrected chi connectivity index (χ1v) is 8.97. The molecule has 5 nitrogen and oxygen atoms in total. The molecule has 126 valence electrons. The molecule has 0 radical (unpaired) electrons. The molecule has 1 aliphatic heterocycles. The highest BCUT2D eigenvalue weighted by Crippen LogP contribution is 2.27. The van der Waals surface area contributed by atoms with E-state index in [1.165, 1.54) is 4.88 Å². The Morgan fingerprint density at radius 1 is 1.25 bits per heavy atom. The molecule has 3 amide bonds. The lowest BCUT2D eigenvalue weighted by molar-refractivity contribution is -0.125. The van der Waals surface area contributed by atoms with E-state index < -0.39 is 0 Å². The first-order chi connectivity index (χ1) is 11.7. The summed E-state index contributed by atoms with van der Waals surface area (Å²) in [6.07, 6.45) is 1.68. The van der Waals surface area contributed by atoms with Crippen molar-refractivity contribution in [3.8, 4) is 10.4 Å². The van der Waals surface area contributed by atoms with Crippen LogP contribution in [0.5, 0.6) is 0 Å². The Hall–Kier alpha value is -2.34. The van der Waals surface area contributed by atoms with Crippen molar-refractivity contribution < 1.29 is 9.59 Å². The average molecular weight is 343 g/mol. The zero-order valence-corrected chi connectivity index (χ0v) is 14.4. The number of amides is 3. The van der Waals surface area contributed by atoms with Crippen LogP contribution < -0.4 is 10.6 Å². The average Bonchev–Trinajstić information content (AvgIpc) is 3.16. The first-order valence-electron chi connectivity index (χ1n) is 8.09. The van der Waals surface area contributed by atoms with Crippen LogP contribution >= 0.6 is 11.3 Å². The summed E-state index contributed by atoms with van der Waals surface area (Å²) in [4.78, 5) is 27.2. The van der Waals surface area contributed by atoms with Crippen LogP contribution in [0.25, 0.3) is 10.4 Å². The summed E-state index contributed by atoms with van der Waals surface area (Å²) in [6, 6.07) is 11.8.